The molecule has 1 aromatic heterocycles. The molecule has 4 heteroatoms. The van der Waals surface area contributed by atoms with Gasteiger partial charge in [-0.25, -0.2) is 0 Å². The maximum Gasteiger partial charge on any atom is 0.229 e. The van der Waals surface area contributed by atoms with Crippen LogP contribution >= 0.6 is 0 Å². The van der Waals surface area contributed by atoms with Gasteiger partial charge in [0.2, 0.25) is 5.91 Å². The van der Waals surface area contributed by atoms with Crippen molar-refractivity contribution in [2.24, 2.45) is 11.8 Å². The molecule has 1 rings (SSSR count). The summed E-state index contributed by atoms with van der Waals surface area (Å²) in [5, 5.41) is 5.92. The third-order valence-corrected chi connectivity index (χ3v) is 2.43. The van der Waals surface area contributed by atoms with E-state index >= 15 is 0 Å². The molecule has 1 atom stereocenters. The second-order valence-electron chi connectivity index (χ2n) is 4.00. The zero-order chi connectivity index (χ0) is 11.3. The van der Waals surface area contributed by atoms with Crippen LogP contribution in [0.2, 0.25) is 0 Å². The summed E-state index contributed by atoms with van der Waals surface area (Å²) in [6.07, 6.45) is 3.56. The fourth-order valence-corrected chi connectivity index (χ4v) is 1.49. The highest BCUT2D eigenvalue weighted by molar-refractivity contribution is 5.92. The molecule has 0 aliphatic heterocycles. The minimum atomic E-state index is 0.00454. The lowest BCUT2D eigenvalue weighted by Gasteiger charge is -2.19. The van der Waals surface area contributed by atoms with Crippen molar-refractivity contribution in [2.45, 2.75) is 13.8 Å². The molecule has 0 spiro atoms. The summed E-state index contributed by atoms with van der Waals surface area (Å²) in [5.41, 5.74) is 0.821. The van der Waals surface area contributed by atoms with E-state index in [4.69, 9.17) is 0 Å². The van der Waals surface area contributed by atoms with Gasteiger partial charge in [-0.05, 0) is 19.0 Å². The van der Waals surface area contributed by atoms with E-state index in [0.717, 1.165) is 5.69 Å². The highest BCUT2D eigenvalue weighted by atomic mass is 16.1. The SMILES string of the molecule is CNCC(C(=O)Nc1cc[nH]c1)C(C)C. The highest BCUT2D eigenvalue weighted by Gasteiger charge is 2.21. The summed E-state index contributed by atoms with van der Waals surface area (Å²) >= 11 is 0. The lowest BCUT2D eigenvalue weighted by Crippen LogP contribution is -2.34. The van der Waals surface area contributed by atoms with E-state index in [-0.39, 0.29) is 11.8 Å². The van der Waals surface area contributed by atoms with Crippen LogP contribution in [-0.4, -0.2) is 24.5 Å². The molecule has 0 saturated heterocycles. The normalized spacial score (nSPS) is 12.8. The predicted molar refractivity (Wildman–Crippen MR) is 61.7 cm³/mol. The molecule has 84 valence electrons. The molecule has 0 aliphatic carbocycles. The molecule has 3 N–H and O–H groups in total. The molecule has 1 amide bonds. The minimum Gasteiger partial charge on any atom is -0.366 e. The summed E-state index contributed by atoms with van der Waals surface area (Å²) in [7, 11) is 1.86. The summed E-state index contributed by atoms with van der Waals surface area (Å²) in [5.74, 6) is 0.403. The standard InChI is InChI=1S/C11H19N3O/c1-8(2)10(7-12-3)11(15)14-9-4-5-13-6-9/h4-6,8,10,12-13H,7H2,1-3H3,(H,14,15). The Hall–Kier alpha value is -1.29. The number of H-pyrrole nitrogens is 1. The van der Waals surface area contributed by atoms with E-state index in [1.165, 1.54) is 0 Å². The van der Waals surface area contributed by atoms with Gasteiger partial charge in [0.25, 0.3) is 0 Å². The van der Waals surface area contributed by atoms with Crippen LogP contribution in [0, 0.1) is 11.8 Å². The maximum atomic E-state index is 11.9. The molecule has 0 radical (unpaired) electrons. The van der Waals surface area contributed by atoms with Crippen molar-refractivity contribution < 1.29 is 4.79 Å². The van der Waals surface area contributed by atoms with Crippen molar-refractivity contribution in [1.82, 2.24) is 10.3 Å². The Morgan fingerprint density at radius 2 is 2.27 bits per heavy atom. The highest BCUT2D eigenvalue weighted by Crippen LogP contribution is 2.13. The van der Waals surface area contributed by atoms with Crippen molar-refractivity contribution in [2.75, 3.05) is 18.9 Å². The van der Waals surface area contributed by atoms with Gasteiger partial charge in [0, 0.05) is 18.9 Å². The number of amides is 1. The van der Waals surface area contributed by atoms with Gasteiger partial charge in [-0.2, -0.15) is 0 Å². The van der Waals surface area contributed by atoms with E-state index in [1.54, 1.807) is 12.4 Å². The zero-order valence-corrected chi connectivity index (χ0v) is 9.50. The van der Waals surface area contributed by atoms with Gasteiger partial charge < -0.3 is 15.6 Å². The molecule has 0 aromatic carbocycles. The number of nitrogens with one attached hydrogen (secondary N) is 3. The number of aromatic amines is 1. The Morgan fingerprint density at radius 1 is 1.53 bits per heavy atom. The van der Waals surface area contributed by atoms with Crippen LogP contribution in [0.15, 0.2) is 18.5 Å². The Bertz CT molecular complexity index is 293. The van der Waals surface area contributed by atoms with Gasteiger partial charge in [0.05, 0.1) is 11.6 Å². The van der Waals surface area contributed by atoms with Gasteiger partial charge in [-0.3, -0.25) is 4.79 Å². The van der Waals surface area contributed by atoms with E-state index < -0.39 is 0 Å². The average molecular weight is 209 g/mol. The number of carbonyl (C=O) groups is 1. The van der Waals surface area contributed by atoms with Crippen molar-refractivity contribution >= 4 is 11.6 Å². The summed E-state index contributed by atoms with van der Waals surface area (Å²) < 4.78 is 0. The first-order valence-corrected chi connectivity index (χ1v) is 5.23. The number of hydrogen-bond acceptors (Lipinski definition) is 2. The Morgan fingerprint density at radius 3 is 2.73 bits per heavy atom. The smallest absolute Gasteiger partial charge is 0.229 e. The average Bonchev–Trinajstić information content (AvgIpc) is 2.65. The van der Waals surface area contributed by atoms with Crippen LogP contribution in [-0.2, 0) is 4.79 Å². The number of carbonyl (C=O) groups excluding carboxylic acids is 1. The van der Waals surface area contributed by atoms with Crippen LogP contribution in [0.3, 0.4) is 0 Å². The first-order chi connectivity index (χ1) is 7.15. The molecule has 15 heavy (non-hydrogen) atoms. The Balaban J connectivity index is 2.56. The third kappa shape index (κ3) is 3.40. The second-order valence-corrected chi connectivity index (χ2v) is 4.00. The molecular weight excluding hydrogens is 190 g/mol. The van der Waals surface area contributed by atoms with Crippen molar-refractivity contribution in [3.8, 4) is 0 Å². The third-order valence-electron chi connectivity index (χ3n) is 2.43. The maximum absolute atomic E-state index is 11.9. The molecule has 0 fully saturated rings. The lowest BCUT2D eigenvalue weighted by atomic mass is 9.95. The molecule has 1 heterocycles. The molecular formula is C11H19N3O. The van der Waals surface area contributed by atoms with Crippen LogP contribution in [0.5, 0.6) is 0 Å². The first kappa shape index (κ1) is 11.8. The van der Waals surface area contributed by atoms with Crippen LogP contribution in [0.1, 0.15) is 13.8 Å². The zero-order valence-electron chi connectivity index (χ0n) is 9.50. The number of hydrogen-bond donors (Lipinski definition) is 3. The lowest BCUT2D eigenvalue weighted by molar-refractivity contribution is -0.120. The molecule has 0 saturated carbocycles. The fourth-order valence-electron chi connectivity index (χ4n) is 1.49. The van der Waals surface area contributed by atoms with E-state index in [9.17, 15) is 4.79 Å². The van der Waals surface area contributed by atoms with Gasteiger partial charge in [0.1, 0.15) is 0 Å². The molecule has 1 aromatic rings. The van der Waals surface area contributed by atoms with Gasteiger partial charge >= 0.3 is 0 Å². The molecule has 4 nitrogen and oxygen atoms in total. The van der Waals surface area contributed by atoms with Gasteiger partial charge in [-0.15, -0.1) is 0 Å². The second kappa shape index (κ2) is 5.56. The Kier molecular flexibility index (Phi) is 4.37. The number of aromatic nitrogens is 1. The Labute approximate surface area is 90.5 Å². The summed E-state index contributed by atoms with van der Waals surface area (Å²) in [4.78, 5) is 14.8. The molecule has 0 bridgehead atoms. The summed E-state index contributed by atoms with van der Waals surface area (Å²) in [6, 6.07) is 1.84. The first-order valence-electron chi connectivity index (χ1n) is 5.23. The quantitative estimate of drug-likeness (QED) is 0.687. The van der Waals surface area contributed by atoms with Crippen molar-refractivity contribution in [3.05, 3.63) is 18.5 Å². The van der Waals surface area contributed by atoms with Crippen LogP contribution < -0.4 is 10.6 Å². The summed E-state index contributed by atoms with van der Waals surface area (Å²) in [6.45, 7) is 4.81. The van der Waals surface area contributed by atoms with E-state index in [1.807, 2.05) is 13.1 Å². The van der Waals surface area contributed by atoms with Gasteiger partial charge in [-0.1, -0.05) is 13.8 Å². The number of anilines is 1. The van der Waals surface area contributed by atoms with Crippen LogP contribution in [0.4, 0.5) is 5.69 Å². The molecule has 1 unspecified atom stereocenters. The molecule has 0 aliphatic rings. The minimum absolute atomic E-state index is 0.00454. The largest absolute Gasteiger partial charge is 0.366 e. The van der Waals surface area contributed by atoms with Gasteiger partial charge in [0.15, 0.2) is 0 Å². The predicted octanol–water partition coefficient (Wildman–Crippen LogP) is 1.44. The van der Waals surface area contributed by atoms with Crippen molar-refractivity contribution in [3.63, 3.8) is 0 Å². The monoisotopic (exact) mass is 209 g/mol. The topological polar surface area (TPSA) is 56.9 Å². The van der Waals surface area contributed by atoms with E-state index in [2.05, 4.69) is 29.5 Å². The van der Waals surface area contributed by atoms with E-state index in [0.29, 0.717) is 12.5 Å². The van der Waals surface area contributed by atoms with Crippen LogP contribution in [0.25, 0.3) is 0 Å². The number of rotatable bonds is 5. The fraction of sp³-hybridized carbons (Fsp3) is 0.545. The van der Waals surface area contributed by atoms with Crippen molar-refractivity contribution in [1.29, 1.82) is 0 Å².